The Bertz CT molecular complexity index is 904. The molecule has 10 unspecified atom stereocenters. The molecule has 0 heteroatoms. The summed E-state index contributed by atoms with van der Waals surface area (Å²) < 4.78 is 0. The van der Waals surface area contributed by atoms with Gasteiger partial charge in [-0.25, -0.2) is 0 Å². The minimum absolute atomic E-state index is 0.810. The molecule has 0 N–H and O–H groups in total. The molecule has 15 saturated carbocycles. The summed E-state index contributed by atoms with van der Waals surface area (Å²) in [6.45, 7) is 32.3. The second-order valence-electron chi connectivity index (χ2n) is 19.8. The van der Waals surface area contributed by atoms with Gasteiger partial charge in [0.2, 0.25) is 0 Å². The summed E-state index contributed by atoms with van der Waals surface area (Å²) in [5, 5.41) is 0. The van der Waals surface area contributed by atoms with E-state index in [9.17, 15) is 0 Å². The summed E-state index contributed by atoms with van der Waals surface area (Å²) in [7, 11) is 0. The van der Waals surface area contributed by atoms with E-state index in [1.165, 1.54) is 90.8 Å². The van der Waals surface area contributed by atoms with Crippen molar-refractivity contribution in [2.45, 2.75) is 207 Å². The molecule has 15 fully saturated rings. The zero-order chi connectivity index (χ0) is 37.1. The normalized spacial score (nSPS) is 53.0. The van der Waals surface area contributed by atoms with Crippen LogP contribution in [-0.4, -0.2) is 0 Å². The Balaban J connectivity index is 0.000000132. The number of hydrogen-bond acceptors (Lipinski definition) is 0. The summed E-state index contributed by atoms with van der Waals surface area (Å²) in [5.74, 6) is 20.1. The predicted molar refractivity (Wildman–Crippen MR) is 223 cm³/mol. The lowest BCUT2D eigenvalue weighted by Crippen LogP contribution is -2.22. The molecule has 15 aliphatic rings. The number of rotatable bonds is 0. The Labute approximate surface area is 317 Å². The van der Waals surface area contributed by atoms with E-state index in [2.05, 4.69) is 34.6 Å². The van der Waals surface area contributed by atoms with Gasteiger partial charge < -0.3 is 0 Å². The van der Waals surface area contributed by atoms with Crippen LogP contribution in [0.1, 0.15) is 207 Å². The van der Waals surface area contributed by atoms with Gasteiger partial charge in [-0.2, -0.15) is 0 Å². The van der Waals surface area contributed by atoms with Gasteiger partial charge in [0.1, 0.15) is 0 Å². The summed E-state index contributed by atoms with van der Waals surface area (Å²) in [6, 6.07) is 0. The lowest BCUT2D eigenvalue weighted by atomic mass is 9.76. The van der Waals surface area contributed by atoms with Gasteiger partial charge in [-0.15, -0.1) is 0 Å². The minimum Gasteiger partial charge on any atom is -0.0683 e. The zero-order valence-electron chi connectivity index (χ0n) is 37.1. The van der Waals surface area contributed by atoms with Crippen molar-refractivity contribution in [2.24, 2.45) is 111 Å². The second-order valence-corrected chi connectivity index (χ2v) is 19.8. The summed E-state index contributed by atoms with van der Waals surface area (Å²) in [5.41, 5.74) is 1.70. The molecule has 15 rings (SSSR count). The van der Waals surface area contributed by atoms with Crippen LogP contribution in [0.25, 0.3) is 0 Å². The van der Waals surface area contributed by atoms with Crippen LogP contribution in [-0.2, 0) is 0 Å². The third-order valence-electron chi connectivity index (χ3n) is 18.1. The van der Waals surface area contributed by atoms with Crippen molar-refractivity contribution in [1.29, 1.82) is 0 Å². The quantitative estimate of drug-likeness (QED) is 0.237. The van der Waals surface area contributed by atoms with Crippen LogP contribution in [0.5, 0.6) is 0 Å². The first kappa shape index (κ1) is 42.7. The van der Waals surface area contributed by atoms with Crippen molar-refractivity contribution in [3.8, 4) is 0 Å². The van der Waals surface area contributed by atoms with Gasteiger partial charge in [0.05, 0.1) is 0 Å². The molecule has 0 nitrogen and oxygen atoms in total. The minimum atomic E-state index is 0.810. The molecule has 0 aliphatic heterocycles. The maximum absolute atomic E-state index is 2.50. The molecule has 0 saturated heterocycles. The van der Waals surface area contributed by atoms with E-state index in [0.29, 0.717) is 0 Å². The van der Waals surface area contributed by atoms with E-state index >= 15 is 0 Å². The first-order chi connectivity index (χ1) is 24.2. The monoisotopic (exact) mass is 695 g/mol. The smallest absolute Gasteiger partial charge is 0.0261 e. The molecule has 50 heavy (non-hydrogen) atoms. The molecule has 0 aromatic heterocycles. The van der Waals surface area contributed by atoms with Gasteiger partial charge >= 0.3 is 0 Å². The van der Waals surface area contributed by atoms with Crippen molar-refractivity contribution in [3.63, 3.8) is 0 Å². The summed E-state index contributed by atoms with van der Waals surface area (Å²) in [4.78, 5) is 0. The largest absolute Gasteiger partial charge is 0.0683 e. The van der Waals surface area contributed by atoms with Gasteiger partial charge in [0, 0.05) is 0 Å². The SMILES string of the molecule is CC.CC.CC.CC.CC.CC12CC3CC1C2C3.CC12CCC(CC1)C2.CC1C2CC3C(C2)C13.CC1C2CCC1CC2.CC1CC2C3CC1C23. The van der Waals surface area contributed by atoms with Crippen LogP contribution in [0.4, 0.5) is 0 Å². The highest BCUT2D eigenvalue weighted by atomic mass is 14.8. The molecule has 10 atom stereocenters. The first-order valence-electron chi connectivity index (χ1n) is 24.2. The van der Waals surface area contributed by atoms with Crippen molar-refractivity contribution in [1.82, 2.24) is 0 Å². The zero-order valence-corrected chi connectivity index (χ0v) is 37.1. The van der Waals surface area contributed by atoms with E-state index in [-0.39, 0.29) is 0 Å². The second kappa shape index (κ2) is 18.1. The molecule has 0 spiro atoms. The van der Waals surface area contributed by atoms with Gasteiger partial charge in [-0.3, -0.25) is 0 Å². The Morgan fingerprint density at radius 2 is 0.860 bits per heavy atom. The molecule has 15 aliphatic carbocycles. The highest BCUT2D eigenvalue weighted by Crippen LogP contribution is 2.79. The predicted octanol–water partition coefficient (Wildman–Crippen LogP) is 16.0. The van der Waals surface area contributed by atoms with Crippen molar-refractivity contribution in [3.05, 3.63) is 0 Å². The van der Waals surface area contributed by atoms with Crippen LogP contribution in [0, 0.1) is 111 Å². The van der Waals surface area contributed by atoms with Crippen LogP contribution in [0.3, 0.4) is 0 Å². The Morgan fingerprint density at radius 1 is 0.400 bits per heavy atom. The first-order valence-corrected chi connectivity index (χ1v) is 24.2. The third-order valence-corrected chi connectivity index (χ3v) is 18.1. The average molecular weight is 695 g/mol. The van der Waals surface area contributed by atoms with E-state index in [4.69, 9.17) is 0 Å². The standard InChI is InChI=1S/3C8H12.2C8H14.5C2H6/c1-8-4-5-2-6(8)7(8)3-5;1-4-5-2-6-7(3-5)8(4)6;1-4-2-6-7-3-5(4)8(6)7;1-8-4-2-7(6-8)3-5-8;1-6-7-2-3-8(6)5-4-7;5*1-2/h5-7H,2-4H2,1H3;2*4-8H,2-3H2,1H3;7H,2-6H2,1H3;6-8H,2-5H2,1H3;5*1-2H3. The van der Waals surface area contributed by atoms with Gasteiger partial charge in [-0.1, -0.05) is 104 Å². The van der Waals surface area contributed by atoms with Gasteiger partial charge in [-0.05, 0) is 214 Å². The maximum atomic E-state index is 2.50. The molecule has 294 valence electrons. The topological polar surface area (TPSA) is 0 Å². The molecule has 0 heterocycles. The van der Waals surface area contributed by atoms with Crippen LogP contribution >= 0.6 is 0 Å². The average Bonchev–Trinajstić information content (AvgIpc) is 3.84. The van der Waals surface area contributed by atoms with Crippen molar-refractivity contribution < 1.29 is 0 Å². The van der Waals surface area contributed by atoms with Crippen LogP contribution in [0.15, 0.2) is 0 Å². The fourth-order valence-corrected chi connectivity index (χ4v) is 15.3. The molecular weight excluding hydrogens is 601 g/mol. The lowest BCUT2D eigenvalue weighted by Gasteiger charge is -2.29. The number of fused-ring (bicyclic) bond motifs is 5. The van der Waals surface area contributed by atoms with Gasteiger partial charge in [0.15, 0.2) is 0 Å². The van der Waals surface area contributed by atoms with E-state index in [0.717, 1.165) is 46.3 Å². The molecular formula is C50H94. The Morgan fingerprint density at radius 3 is 0.980 bits per heavy atom. The lowest BCUT2D eigenvalue weighted by molar-refractivity contribution is 0.198. The summed E-state index contributed by atoms with van der Waals surface area (Å²) >= 11 is 0. The molecule has 0 amide bonds. The molecule has 0 aromatic rings. The molecule has 0 aromatic carbocycles. The Hall–Kier alpha value is 0. The van der Waals surface area contributed by atoms with E-state index in [1.807, 2.05) is 69.2 Å². The van der Waals surface area contributed by atoms with Crippen molar-refractivity contribution in [2.75, 3.05) is 0 Å². The van der Waals surface area contributed by atoms with Crippen LogP contribution < -0.4 is 0 Å². The third kappa shape index (κ3) is 8.16. The van der Waals surface area contributed by atoms with E-state index < -0.39 is 0 Å². The fraction of sp³-hybridized carbons (Fsp3) is 1.00. The Kier molecular flexibility index (Phi) is 15.5. The van der Waals surface area contributed by atoms with Crippen LogP contribution in [0.2, 0.25) is 0 Å². The fourth-order valence-electron chi connectivity index (χ4n) is 15.3. The molecule has 12 bridgehead atoms. The molecule has 0 radical (unpaired) electrons. The van der Waals surface area contributed by atoms with E-state index in [1.54, 1.807) is 77.0 Å². The van der Waals surface area contributed by atoms with Crippen molar-refractivity contribution >= 4 is 0 Å². The van der Waals surface area contributed by atoms with Gasteiger partial charge in [0.25, 0.3) is 0 Å². The number of hydrogen-bond donors (Lipinski definition) is 0. The maximum Gasteiger partial charge on any atom is -0.0261 e. The highest BCUT2D eigenvalue weighted by Gasteiger charge is 2.71. The highest BCUT2D eigenvalue weighted by molar-refractivity contribution is 5.20. The summed E-state index contributed by atoms with van der Waals surface area (Å²) in [6.07, 6.45) is 25.1.